The Hall–Kier alpha value is -2.99. The maximum atomic E-state index is 11.4. The van der Waals surface area contributed by atoms with Crippen LogP contribution in [0.3, 0.4) is 0 Å². The fourth-order valence-electron chi connectivity index (χ4n) is 5.11. The van der Waals surface area contributed by atoms with Crippen molar-refractivity contribution in [1.29, 1.82) is 0 Å². The number of anilines is 1. The van der Waals surface area contributed by atoms with Gasteiger partial charge >= 0.3 is 253 Å². The van der Waals surface area contributed by atoms with Crippen LogP contribution in [-0.2, 0) is 26.8 Å². The molecule has 0 radical (unpaired) electrons. The zero-order valence-corrected chi connectivity index (χ0v) is 26.7. The molecule has 0 saturated carbocycles. The molecule has 2 heterocycles. The van der Waals surface area contributed by atoms with Gasteiger partial charge in [-0.25, -0.2) is 0 Å². The number of allylic oxidation sites excluding steroid dienone is 2. The normalized spacial score (nSPS) is 15.3. The number of fused-ring (bicyclic) bond motifs is 4. The summed E-state index contributed by atoms with van der Waals surface area (Å²) in [6.07, 6.45) is 5.25. The molecule has 0 unspecified atom stereocenters. The Morgan fingerprint density at radius 1 is 0.976 bits per heavy atom. The number of aromatic nitrogens is 1. The van der Waals surface area contributed by atoms with Crippen molar-refractivity contribution in [2.24, 2.45) is 0 Å². The van der Waals surface area contributed by atoms with Gasteiger partial charge in [-0.2, -0.15) is 0 Å². The van der Waals surface area contributed by atoms with Gasteiger partial charge in [-0.15, -0.1) is 0 Å². The van der Waals surface area contributed by atoms with E-state index in [1.807, 2.05) is 60.9 Å². The monoisotopic (exact) mass is 677 g/mol. The summed E-state index contributed by atoms with van der Waals surface area (Å²) in [5, 5.41) is 1.99. The molecular weight excluding hydrogens is 643 g/mol. The van der Waals surface area contributed by atoms with E-state index in [1.54, 1.807) is 0 Å². The third-order valence-corrected chi connectivity index (χ3v) is 11.0. The van der Waals surface area contributed by atoms with E-state index in [4.69, 9.17) is 8.97 Å². The summed E-state index contributed by atoms with van der Waals surface area (Å²) in [5.41, 5.74) is 4.74. The third-order valence-electron chi connectivity index (χ3n) is 7.03. The summed E-state index contributed by atoms with van der Waals surface area (Å²) in [5.74, 6) is -0.0353. The molecular formula is C30H33N2O7S2Se+. The second-order valence-corrected chi connectivity index (χ2v) is 15.8. The number of nitrogens with zero attached hydrogens (tertiary/aromatic N) is 2. The molecule has 0 saturated heterocycles. The Balaban J connectivity index is 1.50. The minimum atomic E-state index is -4.09. The first-order valence-electron chi connectivity index (χ1n) is 13.6. The molecule has 222 valence electrons. The average Bonchev–Trinajstić information content (AvgIpc) is 3.42. The molecule has 1 aliphatic heterocycles. The van der Waals surface area contributed by atoms with Gasteiger partial charge in [0.25, 0.3) is 0 Å². The van der Waals surface area contributed by atoms with Gasteiger partial charge in [0, 0.05) is 0 Å². The van der Waals surface area contributed by atoms with Crippen LogP contribution in [0, 0.1) is 6.92 Å². The van der Waals surface area contributed by atoms with Crippen LogP contribution in [0.2, 0.25) is 0 Å². The first-order chi connectivity index (χ1) is 19.9. The van der Waals surface area contributed by atoms with Gasteiger partial charge in [-0.05, 0) is 0 Å². The number of oxazole rings is 1. The standard InChI is InChI=1S/C30H32N2O7S2Se/c1-21-10-13-27-26(18-21)32(14-5-6-16-40(33,34)35)29(42-27)20-22(2)19-28-31(15-7-17-41(36,37)38)25-12-11-23-8-3-4-9-24(23)30(25)39-28/h3-4,8-13,18-20H,5-7,14-17H2,1-2H3,(H-,33,34,35,36,37,38)/p+1. The van der Waals surface area contributed by atoms with Crippen molar-refractivity contribution >= 4 is 73.3 Å². The first kappa shape index (κ1) is 30.5. The van der Waals surface area contributed by atoms with Crippen molar-refractivity contribution in [2.45, 2.75) is 39.7 Å². The van der Waals surface area contributed by atoms with Gasteiger partial charge in [-0.3, -0.25) is 0 Å². The van der Waals surface area contributed by atoms with E-state index >= 15 is 0 Å². The van der Waals surface area contributed by atoms with Gasteiger partial charge in [0.2, 0.25) is 0 Å². The van der Waals surface area contributed by atoms with Crippen LogP contribution in [0.15, 0.2) is 75.3 Å². The molecule has 0 spiro atoms. The number of hydrogen-bond acceptors (Lipinski definition) is 6. The van der Waals surface area contributed by atoms with E-state index in [0.29, 0.717) is 37.4 Å². The third kappa shape index (κ3) is 7.31. The van der Waals surface area contributed by atoms with Gasteiger partial charge < -0.3 is 0 Å². The van der Waals surface area contributed by atoms with E-state index in [1.165, 1.54) is 4.46 Å². The molecule has 42 heavy (non-hydrogen) atoms. The molecule has 5 rings (SSSR count). The molecule has 2 N–H and O–H groups in total. The summed E-state index contributed by atoms with van der Waals surface area (Å²) in [7, 11) is -8.09. The van der Waals surface area contributed by atoms with E-state index in [-0.39, 0.29) is 32.9 Å². The summed E-state index contributed by atoms with van der Waals surface area (Å²) in [4.78, 5) is 2.23. The van der Waals surface area contributed by atoms with Crippen LogP contribution in [0.5, 0.6) is 0 Å². The van der Waals surface area contributed by atoms with Crippen LogP contribution in [0.1, 0.15) is 37.6 Å². The molecule has 12 heteroatoms. The SMILES string of the molecule is CC(/C=C1\[Se]c2ccc(C)cc2N1CCCCS(=O)(=O)O)=C\c1oc2c3ccccc3ccc2[n+]1CCCS(=O)(=O)O. The van der Waals surface area contributed by atoms with Crippen molar-refractivity contribution in [1.82, 2.24) is 0 Å². The molecule has 4 aromatic rings. The molecule has 1 aromatic heterocycles. The van der Waals surface area contributed by atoms with Crippen LogP contribution in [0.25, 0.3) is 27.9 Å². The molecule has 0 atom stereocenters. The molecule has 0 amide bonds. The van der Waals surface area contributed by atoms with Crippen molar-refractivity contribution in [3.05, 3.63) is 82.3 Å². The number of aryl methyl sites for hydroxylation is 2. The molecule has 0 fully saturated rings. The minimum absolute atomic E-state index is 0.0384. The number of benzene rings is 3. The number of hydrogen-bond donors (Lipinski definition) is 2. The van der Waals surface area contributed by atoms with E-state index in [9.17, 15) is 21.4 Å². The predicted molar refractivity (Wildman–Crippen MR) is 166 cm³/mol. The van der Waals surface area contributed by atoms with Crippen molar-refractivity contribution in [2.75, 3.05) is 23.0 Å². The molecule has 9 nitrogen and oxygen atoms in total. The average molecular weight is 677 g/mol. The van der Waals surface area contributed by atoms with Crippen molar-refractivity contribution < 1.29 is 34.9 Å². The Morgan fingerprint density at radius 2 is 1.71 bits per heavy atom. The quantitative estimate of drug-likeness (QED) is 0.105. The second-order valence-electron chi connectivity index (χ2n) is 10.5. The molecule has 0 aliphatic carbocycles. The topological polar surface area (TPSA) is 129 Å². The predicted octanol–water partition coefficient (Wildman–Crippen LogP) is 4.22. The zero-order chi connectivity index (χ0) is 30.1. The molecule has 1 aliphatic rings. The van der Waals surface area contributed by atoms with Gasteiger partial charge in [0.05, 0.1) is 0 Å². The first-order valence-corrected chi connectivity index (χ1v) is 18.5. The molecule has 3 aromatic carbocycles. The summed E-state index contributed by atoms with van der Waals surface area (Å²) in [6.45, 7) is 5.00. The van der Waals surface area contributed by atoms with E-state index in [0.717, 1.165) is 37.7 Å². The van der Waals surface area contributed by atoms with Crippen LogP contribution in [-0.4, -0.2) is 58.9 Å². The maximum absolute atomic E-state index is 11.4. The Kier molecular flexibility index (Phi) is 8.94. The second kappa shape index (κ2) is 12.3. The van der Waals surface area contributed by atoms with Crippen LogP contribution < -0.4 is 13.9 Å². The fraction of sp³-hybridized carbons (Fsp3) is 0.300. The summed E-state index contributed by atoms with van der Waals surface area (Å²) >= 11 is 0.0384. The zero-order valence-electron chi connectivity index (χ0n) is 23.4. The summed E-state index contributed by atoms with van der Waals surface area (Å²) in [6, 6.07) is 18.3. The number of unbranched alkanes of at least 4 members (excludes halogenated alkanes) is 1. The van der Waals surface area contributed by atoms with E-state index in [2.05, 4.69) is 29.2 Å². The van der Waals surface area contributed by atoms with Crippen LogP contribution in [0.4, 0.5) is 5.69 Å². The van der Waals surface area contributed by atoms with Gasteiger partial charge in [-0.1, -0.05) is 0 Å². The van der Waals surface area contributed by atoms with Gasteiger partial charge in [0.1, 0.15) is 0 Å². The Morgan fingerprint density at radius 3 is 2.48 bits per heavy atom. The number of rotatable bonds is 11. The van der Waals surface area contributed by atoms with Crippen LogP contribution >= 0.6 is 0 Å². The van der Waals surface area contributed by atoms with Crippen molar-refractivity contribution in [3.8, 4) is 0 Å². The molecule has 0 bridgehead atoms. The van der Waals surface area contributed by atoms with Crippen molar-refractivity contribution in [3.63, 3.8) is 0 Å². The fourth-order valence-corrected chi connectivity index (χ4v) is 8.65. The Bertz CT molecular complexity index is 1930. The van der Waals surface area contributed by atoms with Gasteiger partial charge in [0.15, 0.2) is 0 Å². The summed E-state index contributed by atoms with van der Waals surface area (Å²) < 4.78 is 74.4. The van der Waals surface area contributed by atoms with E-state index < -0.39 is 20.2 Å². The Labute approximate surface area is 252 Å².